The fourth-order valence-electron chi connectivity index (χ4n) is 1.80. The van der Waals surface area contributed by atoms with Crippen LogP contribution in [0.3, 0.4) is 0 Å². The average molecular weight is 387 g/mol. The fourth-order valence-corrected chi connectivity index (χ4v) is 2.49. The monoisotopic (exact) mass is 385 g/mol. The van der Waals surface area contributed by atoms with Crippen molar-refractivity contribution in [3.63, 3.8) is 0 Å². The van der Waals surface area contributed by atoms with E-state index >= 15 is 0 Å². The molecule has 0 aromatic heterocycles. The van der Waals surface area contributed by atoms with Gasteiger partial charge in [-0.25, -0.2) is 0 Å². The second-order valence-corrected chi connectivity index (χ2v) is 5.98. The van der Waals surface area contributed by atoms with Crippen LogP contribution in [-0.2, 0) is 16.2 Å². The number of halogens is 3. The van der Waals surface area contributed by atoms with E-state index < -0.39 is 0 Å². The molecule has 0 unspecified atom stereocenters. The van der Waals surface area contributed by atoms with Gasteiger partial charge >= 0.3 is 0 Å². The van der Waals surface area contributed by atoms with Crippen molar-refractivity contribution in [1.29, 1.82) is 0 Å². The summed E-state index contributed by atoms with van der Waals surface area (Å²) in [5.41, 5.74) is 6.77. The van der Waals surface area contributed by atoms with Crippen molar-refractivity contribution in [2.24, 2.45) is 10.9 Å². The Balaban J connectivity index is 1.88. The maximum Gasteiger partial charge on any atom is 0.232 e. The first kappa shape index (κ1) is 18.4. The SMILES string of the molecule is N/C(CC(=O)Nc1ccccc1Cl)=N/OCc1c(Cl)cccc1Cl. The van der Waals surface area contributed by atoms with Gasteiger partial charge in [-0.1, -0.05) is 58.2 Å². The maximum absolute atomic E-state index is 11.9. The lowest BCUT2D eigenvalue weighted by Crippen LogP contribution is -2.22. The molecule has 0 saturated carbocycles. The Labute approximate surface area is 154 Å². The number of oxime groups is 1. The van der Waals surface area contributed by atoms with Gasteiger partial charge in [-0.15, -0.1) is 0 Å². The number of nitrogens with two attached hydrogens (primary N) is 1. The van der Waals surface area contributed by atoms with Gasteiger partial charge in [-0.05, 0) is 24.3 Å². The molecule has 2 aromatic carbocycles. The third-order valence-corrected chi connectivity index (χ3v) is 3.98. The number of amidine groups is 1. The summed E-state index contributed by atoms with van der Waals surface area (Å²) in [4.78, 5) is 17.0. The molecule has 126 valence electrons. The zero-order valence-corrected chi connectivity index (χ0v) is 14.7. The lowest BCUT2D eigenvalue weighted by Gasteiger charge is -2.07. The fraction of sp³-hybridized carbons (Fsp3) is 0.125. The zero-order chi connectivity index (χ0) is 17.5. The van der Waals surface area contributed by atoms with Gasteiger partial charge in [0.2, 0.25) is 5.91 Å². The first-order valence-corrected chi connectivity index (χ1v) is 8.02. The predicted molar refractivity (Wildman–Crippen MR) is 97.6 cm³/mol. The molecule has 0 aliphatic carbocycles. The summed E-state index contributed by atoms with van der Waals surface area (Å²) in [7, 11) is 0. The normalized spacial score (nSPS) is 11.2. The highest BCUT2D eigenvalue weighted by molar-refractivity contribution is 6.36. The molecule has 1 amide bonds. The lowest BCUT2D eigenvalue weighted by molar-refractivity contribution is -0.115. The average Bonchev–Trinajstić information content (AvgIpc) is 2.52. The van der Waals surface area contributed by atoms with E-state index in [9.17, 15) is 4.79 Å². The van der Waals surface area contributed by atoms with Crippen LogP contribution >= 0.6 is 34.8 Å². The Kier molecular flexibility index (Phi) is 6.73. The van der Waals surface area contributed by atoms with Crippen LogP contribution in [0, 0.1) is 0 Å². The van der Waals surface area contributed by atoms with Crippen LogP contribution in [0.5, 0.6) is 0 Å². The number of hydrogen-bond acceptors (Lipinski definition) is 3. The minimum Gasteiger partial charge on any atom is -0.389 e. The molecule has 0 aliphatic rings. The summed E-state index contributed by atoms with van der Waals surface area (Å²) in [5, 5.41) is 7.69. The zero-order valence-electron chi connectivity index (χ0n) is 12.4. The van der Waals surface area contributed by atoms with Gasteiger partial charge < -0.3 is 15.9 Å². The number of para-hydroxylation sites is 1. The summed E-state index contributed by atoms with van der Waals surface area (Å²) in [6, 6.07) is 12.0. The van der Waals surface area contributed by atoms with Crippen LogP contribution in [0.4, 0.5) is 5.69 Å². The molecule has 0 aliphatic heterocycles. The summed E-state index contributed by atoms with van der Waals surface area (Å²) < 4.78 is 0. The molecule has 0 radical (unpaired) electrons. The summed E-state index contributed by atoms with van der Waals surface area (Å²) in [6.45, 7) is 0.0470. The maximum atomic E-state index is 11.9. The molecule has 2 rings (SSSR count). The Hall–Kier alpha value is -1.95. The minimum atomic E-state index is -0.358. The van der Waals surface area contributed by atoms with Gasteiger partial charge in [-0.2, -0.15) is 0 Å². The lowest BCUT2D eigenvalue weighted by atomic mass is 10.2. The van der Waals surface area contributed by atoms with Crippen molar-refractivity contribution < 1.29 is 9.63 Å². The van der Waals surface area contributed by atoms with Crippen molar-refractivity contribution in [3.05, 3.63) is 63.1 Å². The van der Waals surface area contributed by atoms with Crippen molar-refractivity contribution >= 4 is 52.2 Å². The van der Waals surface area contributed by atoms with E-state index in [1.54, 1.807) is 42.5 Å². The van der Waals surface area contributed by atoms with Gasteiger partial charge in [-0.3, -0.25) is 4.79 Å². The molecule has 0 fully saturated rings. The Bertz CT molecular complexity index is 746. The highest BCUT2D eigenvalue weighted by atomic mass is 35.5. The number of anilines is 1. The number of nitrogens with one attached hydrogen (secondary N) is 1. The molecule has 0 saturated heterocycles. The number of carbonyl (C=O) groups excluding carboxylic acids is 1. The standard InChI is InChI=1S/C16H14Cl3N3O2/c17-11-5-3-6-12(18)10(11)9-24-22-15(20)8-16(23)21-14-7-2-1-4-13(14)19/h1-7H,8-9H2,(H2,20,22)(H,21,23). The molecule has 3 N–H and O–H groups in total. The summed E-state index contributed by atoms with van der Waals surface area (Å²) in [6.07, 6.45) is -0.137. The predicted octanol–water partition coefficient (Wildman–Crippen LogP) is 4.46. The van der Waals surface area contributed by atoms with E-state index in [2.05, 4.69) is 10.5 Å². The number of rotatable bonds is 6. The van der Waals surface area contributed by atoms with Crippen LogP contribution in [0.15, 0.2) is 47.6 Å². The minimum absolute atomic E-state index is 0.0164. The van der Waals surface area contributed by atoms with Crippen molar-refractivity contribution in [3.8, 4) is 0 Å². The molecule has 5 nitrogen and oxygen atoms in total. The topological polar surface area (TPSA) is 76.7 Å². The van der Waals surface area contributed by atoms with Crippen LogP contribution in [0.1, 0.15) is 12.0 Å². The van der Waals surface area contributed by atoms with Crippen molar-refractivity contribution in [2.45, 2.75) is 13.0 Å². The van der Waals surface area contributed by atoms with E-state index in [1.807, 2.05) is 0 Å². The van der Waals surface area contributed by atoms with E-state index in [4.69, 9.17) is 45.4 Å². The number of carbonyl (C=O) groups is 1. The second-order valence-electron chi connectivity index (χ2n) is 4.76. The molecule has 0 spiro atoms. The van der Waals surface area contributed by atoms with Gasteiger partial charge in [0.25, 0.3) is 0 Å². The van der Waals surface area contributed by atoms with Gasteiger partial charge in [0.1, 0.15) is 12.4 Å². The number of hydrogen-bond donors (Lipinski definition) is 2. The third kappa shape index (κ3) is 5.30. The Morgan fingerprint density at radius 3 is 2.33 bits per heavy atom. The van der Waals surface area contributed by atoms with Crippen LogP contribution in [-0.4, -0.2) is 11.7 Å². The first-order valence-electron chi connectivity index (χ1n) is 6.89. The van der Waals surface area contributed by atoms with E-state index in [0.717, 1.165) is 0 Å². The smallest absolute Gasteiger partial charge is 0.232 e. The van der Waals surface area contributed by atoms with Crippen LogP contribution in [0.25, 0.3) is 0 Å². The second kappa shape index (κ2) is 8.78. The first-order chi connectivity index (χ1) is 11.5. The highest BCUT2D eigenvalue weighted by Gasteiger charge is 2.09. The highest BCUT2D eigenvalue weighted by Crippen LogP contribution is 2.25. The number of nitrogens with zero attached hydrogens (tertiary/aromatic N) is 1. The summed E-state index contributed by atoms with van der Waals surface area (Å²) in [5.74, 6) is -0.341. The van der Waals surface area contributed by atoms with Gasteiger partial charge in [0.15, 0.2) is 0 Å². The molecule has 24 heavy (non-hydrogen) atoms. The van der Waals surface area contributed by atoms with E-state index in [1.165, 1.54) is 0 Å². The molecule has 0 atom stereocenters. The van der Waals surface area contributed by atoms with E-state index in [0.29, 0.717) is 26.3 Å². The molecular weight excluding hydrogens is 373 g/mol. The quantitative estimate of drug-likeness (QED) is 0.437. The largest absolute Gasteiger partial charge is 0.389 e. The van der Waals surface area contributed by atoms with Crippen LogP contribution < -0.4 is 11.1 Å². The van der Waals surface area contributed by atoms with Crippen molar-refractivity contribution in [2.75, 3.05) is 5.32 Å². The number of benzene rings is 2. The third-order valence-electron chi connectivity index (χ3n) is 2.94. The van der Waals surface area contributed by atoms with Gasteiger partial charge in [0, 0.05) is 15.6 Å². The van der Waals surface area contributed by atoms with Crippen molar-refractivity contribution in [1.82, 2.24) is 0 Å². The van der Waals surface area contributed by atoms with Gasteiger partial charge in [0.05, 0.1) is 17.1 Å². The van der Waals surface area contributed by atoms with E-state index in [-0.39, 0.29) is 24.8 Å². The molecule has 2 aromatic rings. The molecular formula is C16H14Cl3N3O2. The van der Waals surface area contributed by atoms with Crippen LogP contribution in [0.2, 0.25) is 15.1 Å². The molecule has 0 heterocycles. The Morgan fingerprint density at radius 2 is 1.67 bits per heavy atom. The molecule has 0 bridgehead atoms. The number of amides is 1. The summed E-state index contributed by atoms with van der Waals surface area (Å²) >= 11 is 18.0. The molecule has 8 heteroatoms. The Morgan fingerprint density at radius 1 is 1.04 bits per heavy atom.